The van der Waals surface area contributed by atoms with Crippen LogP contribution in [0.2, 0.25) is 0 Å². The van der Waals surface area contributed by atoms with Crippen LogP contribution >= 0.6 is 0 Å². The number of anilines is 12. The Balaban J connectivity index is 1.15. The van der Waals surface area contributed by atoms with Crippen LogP contribution in [-0.2, 0) is 12.8 Å². The number of hydrogen-bond donors (Lipinski definition) is 0. The molecule has 4 aliphatic rings. The molecule has 0 fully saturated rings. The number of rotatable bonds is 10. The lowest BCUT2D eigenvalue weighted by Crippen LogP contribution is -2.65. The van der Waals surface area contributed by atoms with E-state index in [0.717, 1.165) is 38.5 Å². The van der Waals surface area contributed by atoms with Gasteiger partial charge in [-0.15, -0.1) is 0 Å². The predicted molar refractivity (Wildman–Crippen MR) is 292 cm³/mol. The van der Waals surface area contributed by atoms with Crippen molar-refractivity contribution in [2.75, 3.05) is 19.6 Å². The monoisotopic (exact) mass is 874 g/mol. The van der Waals surface area contributed by atoms with Gasteiger partial charge in [0.25, 0.3) is 13.4 Å². The molecule has 0 radical (unpaired) electrons. The van der Waals surface area contributed by atoms with E-state index in [1.54, 1.807) is 0 Å². The Hall–Kier alpha value is -7.69. The van der Waals surface area contributed by atoms with Crippen molar-refractivity contribution in [1.29, 1.82) is 0 Å². The first-order chi connectivity index (χ1) is 33.7. The first kappa shape index (κ1) is 40.6. The van der Waals surface area contributed by atoms with Crippen LogP contribution in [0.15, 0.2) is 206 Å². The normalized spacial score (nSPS) is 13.6. The summed E-state index contributed by atoms with van der Waals surface area (Å²) in [7, 11) is 0. The Labute approximate surface area is 401 Å². The molecule has 4 heterocycles. The molecule has 4 aliphatic heterocycles. The van der Waals surface area contributed by atoms with Gasteiger partial charge in [-0.25, -0.2) is 0 Å². The molecule has 0 bridgehead atoms. The minimum absolute atomic E-state index is 0.00114. The quantitative estimate of drug-likeness (QED) is 0.127. The van der Waals surface area contributed by atoms with Crippen molar-refractivity contribution in [2.45, 2.75) is 52.4 Å². The molecule has 0 atom stereocenters. The zero-order chi connectivity index (χ0) is 45.3. The van der Waals surface area contributed by atoms with Crippen LogP contribution in [0.3, 0.4) is 0 Å². The van der Waals surface area contributed by atoms with Gasteiger partial charge in [-0.1, -0.05) is 142 Å². The van der Waals surface area contributed by atoms with E-state index in [4.69, 9.17) is 0 Å². The standard InChI is InChI=1S/C62H52B2N4/c1-3-5-23-43-37-57-61-59(39-43)67(47-29-15-9-16-30-47)55-42-56-52(41-51(55)63(61)49-33-19-21-35-53(49)65(57)45-25-11-7-12-26-45)64-50-34-20-22-36-54(50)66(46-27-13-8-14-28-46)58-38-44(24-6-4-2)40-60(62(58)64)68(56)48-31-17-10-18-32-48/h7-22,25-42H,3-6,23-24H2,1-2H3. The summed E-state index contributed by atoms with van der Waals surface area (Å²) in [5.74, 6) is 0. The van der Waals surface area contributed by atoms with Gasteiger partial charge in [-0.3, -0.25) is 0 Å². The van der Waals surface area contributed by atoms with Crippen LogP contribution in [0, 0.1) is 0 Å². The average molecular weight is 875 g/mol. The second kappa shape index (κ2) is 16.6. The second-order valence-electron chi connectivity index (χ2n) is 18.9. The van der Waals surface area contributed by atoms with Gasteiger partial charge in [0.15, 0.2) is 0 Å². The van der Waals surface area contributed by atoms with E-state index in [0.29, 0.717) is 0 Å². The van der Waals surface area contributed by atoms with E-state index in [1.165, 1.54) is 112 Å². The summed E-state index contributed by atoms with van der Waals surface area (Å²) < 4.78 is 0. The maximum absolute atomic E-state index is 2.64. The number of fused-ring (bicyclic) bond motifs is 8. The largest absolute Gasteiger partial charge is 0.311 e. The number of para-hydroxylation sites is 6. The van der Waals surface area contributed by atoms with Gasteiger partial charge in [0, 0.05) is 68.2 Å². The van der Waals surface area contributed by atoms with E-state index < -0.39 is 0 Å². The molecule has 6 heteroatoms. The summed E-state index contributed by atoms with van der Waals surface area (Å²) in [6, 6.07) is 78.0. The Morgan fingerprint density at radius 3 is 0.941 bits per heavy atom. The van der Waals surface area contributed by atoms with Crippen molar-refractivity contribution in [3.8, 4) is 0 Å². The third-order valence-corrected chi connectivity index (χ3v) is 14.9. The molecule has 4 nitrogen and oxygen atoms in total. The first-order valence-corrected chi connectivity index (χ1v) is 24.8. The molecule has 13 rings (SSSR count). The molecule has 9 aromatic rings. The lowest BCUT2D eigenvalue weighted by Gasteiger charge is -2.47. The highest BCUT2D eigenvalue weighted by Gasteiger charge is 2.48. The summed E-state index contributed by atoms with van der Waals surface area (Å²) in [5.41, 5.74) is 25.5. The van der Waals surface area contributed by atoms with Crippen molar-refractivity contribution in [2.24, 2.45) is 0 Å². The van der Waals surface area contributed by atoms with Gasteiger partial charge in [0.2, 0.25) is 0 Å². The highest BCUT2D eigenvalue weighted by molar-refractivity contribution is 7.03. The Morgan fingerprint density at radius 2 is 0.603 bits per heavy atom. The molecule has 68 heavy (non-hydrogen) atoms. The Bertz CT molecular complexity index is 3140. The van der Waals surface area contributed by atoms with Gasteiger partial charge in [0.1, 0.15) is 0 Å². The summed E-state index contributed by atoms with van der Waals surface area (Å²) in [6.45, 7) is 4.60. The lowest BCUT2D eigenvalue weighted by atomic mass is 9.30. The number of hydrogen-bond acceptors (Lipinski definition) is 4. The number of benzene rings is 9. The number of aryl methyl sites for hydroxylation is 2. The molecule has 0 amide bonds. The van der Waals surface area contributed by atoms with Crippen LogP contribution in [0.5, 0.6) is 0 Å². The van der Waals surface area contributed by atoms with Crippen molar-refractivity contribution in [3.63, 3.8) is 0 Å². The Morgan fingerprint density at radius 1 is 0.294 bits per heavy atom. The average Bonchev–Trinajstić information content (AvgIpc) is 3.40. The molecular formula is C62H52B2N4. The first-order valence-electron chi connectivity index (χ1n) is 24.8. The van der Waals surface area contributed by atoms with Crippen LogP contribution < -0.4 is 52.4 Å². The van der Waals surface area contributed by atoms with Gasteiger partial charge >= 0.3 is 0 Å². The zero-order valence-electron chi connectivity index (χ0n) is 38.8. The molecule has 0 aliphatic carbocycles. The summed E-state index contributed by atoms with van der Waals surface area (Å²) >= 11 is 0. The van der Waals surface area contributed by atoms with E-state index >= 15 is 0 Å². The summed E-state index contributed by atoms with van der Waals surface area (Å²) in [4.78, 5) is 10.3. The highest BCUT2D eigenvalue weighted by atomic mass is 15.2. The van der Waals surface area contributed by atoms with E-state index in [1.807, 2.05) is 0 Å². The fraction of sp³-hybridized carbons (Fsp3) is 0.129. The SMILES string of the molecule is CCCCc1cc2c3c(c1)N(c1ccccc1)c1cc4c(cc1B3c1ccccc1N2c1ccccc1)B1c2ccccc2N(c2ccccc2)c2cc(CCCC)cc(c21)N4c1ccccc1. The minimum atomic E-state index is -0.00114. The van der Waals surface area contributed by atoms with Crippen LogP contribution in [-0.4, -0.2) is 13.4 Å². The smallest absolute Gasteiger partial charge is 0.252 e. The van der Waals surface area contributed by atoms with Gasteiger partial charge in [0.05, 0.1) is 0 Å². The van der Waals surface area contributed by atoms with Crippen molar-refractivity contribution in [3.05, 3.63) is 217 Å². The lowest BCUT2D eigenvalue weighted by molar-refractivity contribution is 0.795. The van der Waals surface area contributed by atoms with Crippen molar-refractivity contribution >= 4 is 114 Å². The Kier molecular flexibility index (Phi) is 9.89. The van der Waals surface area contributed by atoms with E-state index in [9.17, 15) is 0 Å². The highest BCUT2D eigenvalue weighted by Crippen LogP contribution is 2.49. The third kappa shape index (κ3) is 6.30. The fourth-order valence-electron chi connectivity index (χ4n) is 12.0. The molecule has 0 saturated heterocycles. The topological polar surface area (TPSA) is 13.0 Å². The molecular weight excluding hydrogens is 822 g/mol. The predicted octanol–water partition coefficient (Wildman–Crippen LogP) is 12.5. The third-order valence-electron chi connectivity index (χ3n) is 14.9. The van der Waals surface area contributed by atoms with Crippen LogP contribution in [0.25, 0.3) is 0 Å². The molecule has 9 aromatic carbocycles. The fourth-order valence-corrected chi connectivity index (χ4v) is 12.0. The van der Waals surface area contributed by atoms with Crippen LogP contribution in [0.1, 0.15) is 50.7 Å². The van der Waals surface area contributed by atoms with E-state index in [-0.39, 0.29) is 13.4 Å². The molecule has 326 valence electrons. The molecule has 0 saturated carbocycles. The second-order valence-corrected chi connectivity index (χ2v) is 18.9. The molecule has 0 spiro atoms. The van der Waals surface area contributed by atoms with Gasteiger partial charge in [-0.2, -0.15) is 0 Å². The van der Waals surface area contributed by atoms with Crippen LogP contribution in [0.4, 0.5) is 68.2 Å². The zero-order valence-corrected chi connectivity index (χ0v) is 38.8. The van der Waals surface area contributed by atoms with E-state index in [2.05, 4.69) is 240 Å². The molecule has 0 aromatic heterocycles. The van der Waals surface area contributed by atoms with Gasteiger partial charge < -0.3 is 19.6 Å². The molecule has 0 unspecified atom stereocenters. The maximum atomic E-state index is 2.64. The minimum Gasteiger partial charge on any atom is -0.311 e. The van der Waals surface area contributed by atoms with Gasteiger partial charge in [-0.05, 0) is 161 Å². The summed E-state index contributed by atoms with van der Waals surface area (Å²) in [5, 5.41) is 0. The summed E-state index contributed by atoms with van der Waals surface area (Å²) in [6.07, 6.45) is 6.60. The molecule has 0 N–H and O–H groups in total. The number of nitrogens with zero attached hydrogens (tertiary/aromatic N) is 4. The van der Waals surface area contributed by atoms with Crippen molar-refractivity contribution < 1.29 is 0 Å². The maximum Gasteiger partial charge on any atom is 0.252 e. The number of unbranched alkanes of at least 4 members (excludes halogenated alkanes) is 2. The van der Waals surface area contributed by atoms with Crippen molar-refractivity contribution in [1.82, 2.24) is 0 Å².